The van der Waals surface area contributed by atoms with Crippen molar-refractivity contribution in [2.45, 2.75) is 52.4 Å². The molecule has 0 bridgehead atoms. The van der Waals surface area contributed by atoms with Crippen molar-refractivity contribution in [1.29, 1.82) is 0 Å². The van der Waals surface area contributed by atoms with Crippen molar-refractivity contribution in [3.63, 3.8) is 0 Å². The molecular formula is C22H28N2. The van der Waals surface area contributed by atoms with Gasteiger partial charge in [0.1, 0.15) is 0 Å². The molecule has 0 saturated heterocycles. The Balaban J connectivity index is 2.04. The Morgan fingerprint density at radius 3 is 2.29 bits per heavy atom. The van der Waals surface area contributed by atoms with E-state index in [1.54, 1.807) is 0 Å². The zero-order valence-corrected chi connectivity index (χ0v) is 15.3. The largest absolute Gasteiger partial charge is 0.384 e. The van der Waals surface area contributed by atoms with Crippen LogP contribution in [0.15, 0.2) is 41.4 Å². The fourth-order valence-corrected chi connectivity index (χ4v) is 3.44. The second-order valence-corrected chi connectivity index (χ2v) is 7.26. The normalized spacial score (nSPS) is 14.2. The molecule has 24 heavy (non-hydrogen) atoms. The Morgan fingerprint density at radius 1 is 0.958 bits per heavy atom. The third-order valence-electron chi connectivity index (χ3n) is 4.78. The van der Waals surface area contributed by atoms with E-state index in [-0.39, 0.29) is 0 Å². The molecule has 1 aliphatic heterocycles. The van der Waals surface area contributed by atoms with Gasteiger partial charge in [-0.3, -0.25) is 4.99 Å². The van der Waals surface area contributed by atoms with Gasteiger partial charge in [-0.1, -0.05) is 64.1 Å². The highest BCUT2D eigenvalue weighted by molar-refractivity contribution is 5.91. The van der Waals surface area contributed by atoms with Gasteiger partial charge in [0.2, 0.25) is 0 Å². The van der Waals surface area contributed by atoms with Gasteiger partial charge in [-0.25, -0.2) is 0 Å². The summed E-state index contributed by atoms with van der Waals surface area (Å²) >= 11 is 0. The fourth-order valence-electron chi connectivity index (χ4n) is 3.44. The van der Waals surface area contributed by atoms with E-state index in [1.165, 1.54) is 34.4 Å². The van der Waals surface area contributed by atoms with E-state index >= 15 is 0 Å². The molecule has 0 saturated carbocycles. The minimum atomic E-state index is 0.471. The molecule has 126 valence electrons. The SMILES string of the molecule is CC(C)c1cccc(C(C)C)c1/N=C/c1cccc2c1NCCC2. The van der Waals surface area contributed by atoms with Crippen molar-refractivity contribution in [2.75, 3.05) is 11.9 Å². The van der Waals surface area contributed by atoms with Crippen LogP contribution in [0, 0.1) is 0 Å². The van der Waals surface area contributed by atoms with Gasteiger partial charge in [0, 0.05) is 24.0 Å². The first kappa shape index (κ1) is 16.8. The van der Waals surface area contributed by atoms with Crippen molar-refractivity contribution < 1.29 is 0 Å². The van der Waals surface area contributed by atoms with E-state index in [1.807, 2.05) is 6.21 Å². The van der Waals surface area contributed by atoms with Crippen molar-refractivity contribution in [3.8, 4) is 0 Å². The highest BCUT2D eigenvalue weighted by Crippen LogP contribution is 2.35. The number of aryl methyl sites for hydroxylation is 1. The van der Waals surface area contributed by atoms with Crippen LogP contribution in [-0.2, 0) is 6.42 Å². The number of anilines is 1. The molecule has 0 unspecified atom stereocenters. The van der Waals surface area contributed by atoms with Gasteiger partial charge in [-0.15, -0.1) is 0 Å². The molecule has 1 N–H and O–H groups in total. The number of nitrogens with one attached hydrogen (secondary N) is 1. The van der Waals surface area contributed by atoms with Crippen LogP contribution in [0.5, 0.6) is 0 Å². The summed E-state index contributed by atoms with van der Waals surface area (Å²) in [5.41, 5.74) is 7.67. The fraction of sp³-hybridized carbons (Fsp3) is 0.409. The summed E-state index contributed by atoms with van der Waals surface area (Å²) < 4.78 is 0. The predicted molar refractivity (Wildman–Crippen MR) is 105 cm³/mol. The molecule has 2 aromatic rings. The second-order valence-electron chi connectivity index (χ2n) is 7.26. The number of benzene rings is 2. The van der Waals surface area contributed by atoms with Crippen LogP contribution in [0.3, 0.4) is 0 Å². The van der Waals surface area contributed by atoms with Crippen LogP contribution in [0.25, 0.3) is 0 Å². The first-order chi connectivity index (χ1) is 11.6. The van der Waals surface area contributed by atoms with Crippen LogP contribution in [-0.4, -0.2) is 12.8 Å². The lowest BCUT2D eigenvalue weighted by Crippen LogP contribution is -2.13. The van der Waals surface area contributed by atoms with E-state index in [0.717, 1.165) is 18.7 Å². The first-order valence-electron chi connectivity index (χ1n) is 9.10. The van der Waals surface area contributed by atoms with Gasteiger partial charge in [-0.2, -0.15) is 0 Å². The lowest BCUT2D eigenvalue weighted by Gasteiger charge is -2.20. The van der Waals surface area contributed by atoms with Gasteiger partial charge < -0.3 is 5.32 Å². The molecular weight excluding hydrogens is 292 g/mol. The third-order valence-corrected chi connectivity index (χ3v) is 4.78. The summed E-state index contributed by atoms with van der Waals surface area (Å²) in [4.78, 5) is 4.96. The Bertz CT molecular complexity index is 715. The van der Waals surface area contributed by atoms with E-state index < -0.39 is 0 Å². The van der Waals surface area contributed by atoms with Crippen LogP contribution >= 0.6 is 0 Å². The monoisotopic (exact) mass is 320 g/mol. The highest BCUT2D eigenvalue weighted by atomic mass is 14.9. The molecule has 2 aromatic carbocycles. The maximum Gasteiger partial charge on any atom is 0.0699 e. The average molecular weight is 320 g/mol. The molecule has 2 nitrogen and oxygen atoms in total. The van der Waals surface area contributed by atoms with Crippen LogP contribution in [0.2, 0.25) is 0 Å². The highest BCUT2D eigenvalue weighted by Gasteiger charge is 2.14. The Hall–Kier alpha value is -2.09. The number of hydrogen-bond acceptors (Lipinski definition) is 2. The van der Waals surface area contributed by atoms with E-state index in [0.29, 0.717) is 11.8 Å². The standard InChI is InChI=1S/C22H28N2/c1-15(2)19-11-6-12-20(16(3)4)22(19)24-14-18-9-5-8-17-10-7-13-23-21(17)18/h5-6,8-9,11-12,14-16,23H,7,10,13H2,1-4H3/b24-14+. The molecule has 1 heterocycles. The zero-order valence-electron chi connectivity index (χ0n) is 15.3. The number of hydrogen-bond donors (Lipinski definition) is 1. The lowest BCUT2D eigenvalue weighted by molar-refractivity contribution is 0.829. The van der Waals surface area contributed by atoms with Crippen molar-refractivity contribution >= 4 is 17.6 Å². The van der Waals surface area contributed by atoms with Gasteiger partial charge in [-0.05, 0) is 41.4 Å². The molecule has 1 aliphatic rings. The quantitative estimate of drug-likeness (QED) is 0.682. The summed E-state index contributed by atoms with van der Waals surface area (Å²) in [6.07, 6.45) is 4.41. The molecule has 0 spiro atoms. The third kappa shape index (κ3) is 3.38. The summed E-state index contributed by atoms with van der Waals surface area (Å²) in [5, 5.41) is 3.55. The number of nitrogens with zero attached hydrogens (tertiary/aromatic N) is 1. The smallest absolute Gasteiger partial charge is 0.0699 e. The Morgan fingerprint density at radius 2 is 1.62 bits per heavy atom. The predicted octanol–water partition coefficient (Wildman–Crippen LogP) is 6.04. The summed E-state index contributed by atoms with van der Waals surface area (Å²) in [7, 11) is 0. The molecule has 0 atom stereocenters. The Kier molecular flexibility index (Phi) is 5.03. The number of rotatable bonds is 4. The topological polar surface area (TPSA) is 24.4 Å². The summed E-state index contributed by atoms with van der Waals surface area (Å²) in [6, 6.07) is 13.1. The summed E-state index contributed by atoms with van der Waals surface area (Å²) in [5.74, 6) is 0.942. The van der Waals surface area contributed by atoms with Crippen molar-refractivity contribution in [2.24, 2.45) is 4.99 Å². The van der Waals surface area contributed by atoms with Crippen LogP contribution in [0.1, 0.15) is 68.2 Å². The summed E-state index contributed by atoms with van der Waals surface area (Å²) in [6.45, 7) is 10.0. The maximum atomic E-state index is 4.96. The number of fused-ring (bicyclic) bond motifs is 1. The van der Waals surface area contributed by atoms with Crippen LogP contribution in [0.4, 0.5) is 11.4 Å². The first-order valence-corrected chi connectivity index (χ1v) is 9.10. The molecule has 0 fully saturated rings. The average Bonchev–Trinajstić information content (AvgIpc) is 2.59. The molecule has 0 aliphatic carbocycles. The van der Waals surface area contributed by atoms with E-state index in [4.69, 9.17) is 4.99 Å². The van der Waals surface area contributed by atoms with Crippen molar-refractivity contribution in [1.82, 2.24) is 0 Å². The molecule has 3 rings (SSSR count). The van der Waals surface area contributed by atoms with Gasteiger partial charge in [0.15, 0.2) is 0 Å². The van der Waals surface area contributed by atoms with Gasteiger partial charge >= 0.3 is 0 Å². The number of para-hydroxylation sites is 2. The van der Waals surface area contributed by atoms with E-state index in [9.17, 15) is 0 Å². The zero-order chi connectivity index (χ0) is 17.1. The van der Waals surface area contributed by atoms with Gasteiger partial charge in [0.25, 0.3) is 0 Å². The minimum Gasteiger partial charge on any atom is -0.384 e. The van der Waals surface area contributed by atoms with Gasteiger partial charge in [0.05, 0.1) is 5.69 Å². The Labute approximate surface area is 146 Å². The molecule has 0 amide bonds. The molecule has 0 aromatic heterocycles. The second kappa shape index (κ2) is 7.21. The minimum absolute atomic E-state index is 0.471. The number of aliphatic imine (C=N–C) groups is 1. The van der Waals surface area contributed by atoms with E-state index in [2.05, 4.69) is 69.4 Å². The maximum absolute atomic E-state index is 4.96. The van der Waals surface area contributed by atoms with Crippen LogP contribution < -0.4 is 5.32 Å². The molecule has 0 radical (unpaired) electrons. The van der Waals surface area contributed by atoms with Crippen molar-refractivity contribution in [3.05, 3.63) is 58.7 Å². The molecule has 2 heteroatoms. The lowest BCUT2D eigenvalue weighted by atomic mass is 9.93.